The molecule has 0 aliphatic heterocycles. The zero-order valence-corrected chi connectivity index (χ0v) is 10.8. The van der Waals surface area contributed by atoms with E-state index in [1.54, 1.807) is 0 Å². The second-order valence-corrected chi connectivity index (χ2v) is 4.51. The normalized spacial score (nSPS) is 12.9. The summed E-state index contributed by atoms with van der Waals surface area (Å²) in [6, 6.07) is 6.40. The minimum Gasteiger partial charge on any atom is -0.310 e. The van der Waals surface area contributed by atoms with E-state index in [4.69, 9.17) is 11.6 Å². The molecule has 0 spiro atoms. The fraction of sp³-hybridized carbons (Fsp3) is 0.455. The monoisotopic (exact) mass is 275 g/mol. The Hall–Kier alpha value is -0.0500. The van der Waals surface area contributed by atoms with Gasteiger partial charge in [0.1, 0.15) is 0 Å². The van der Waals surface area contributed by atoms with Crippen molar-refractivity contribution in [1.82, 2.24) is 5.32 Å². The number of rotatable bonds is 4. The van der Waals surface area contributed by atoms with E-state index in [1.165, 1.54) is 5.56 Å². The fourth-order valence-electron chi connectivity index (χ4n) is 1.50. The molecule has 3 heteroatoms. The van der Waals surface area contributed by atoms with Crippen LogP contribution < -0.4 is 5.32 Å². The number of nitrogens with one attached hydrogen (secondary N) is 1. The van der Waals surface area contributed by atoms with Crippen LogP contribution in [0.3, 0.4) is 0 Å². The molecule has 1 aromatic carbocycles. The topological polar surface area (TPSA) is 12.0 Å². The van der Waals surface area contributed by atoms with Gasteiger partial charge in [0.15, 0.2) is 0 Å². The van der Waals surface area contributed by atoms with Crippen LogP contribution in [-0.2, 0) is 0 Å². The molecule has 1 rings (SSSR count). The quantitative estimate of drug-likeness (QED) is 0.870. The van der Waals surface area contributed by atoms with Gasteiger partial charge in [-0.2, -0.15) is 0 Å². The van der Waals surface area contributed by atoms with Crippen LogP contribution in [-0.4, -0.2) is 6.54 Å². The van der Waals surface area contributed by atoms with Gasteiger partial charge < -0.3 is 5.32 Å². The molecule has 1 aromatic rings. The van der Waals surface area contributed by atoms with Gasteiger partial charge >= 0.3 is 0 Å². The van der Waals surface area contributed by atoms with E-state index >= 15 is 0 Å². The smallest absolute Gasteiger partial charge is 0.0465 e. The second kappa shape index (κ2) is 5.74. The predicted octanol–water partition coefficient (Wildman–Crippen LogP) is 4.16. The molecule has 0 amide bonds. The third-order valence-corrected chi connectivity index (χ3v) is 3.02. The lowest BCUT2D eigenvalue weighted by Crippen LogP contribution is -2.20. The molecule has 0 bridgehead atoms. The second-order valence-electron chi connectivity index (χ2n) is 3.18. The number of hydrogen-bond donors (Lipinski definition) is 1. The summed E-state index contributed by atoms with van der Waals surface area (Å²) in [5, 5.41) is 4.24. The number of hydrogen-bond acceptors (Lipinski definition) is 1. The van der Waals surface area contributed by atoms with Gasteiger partial charge in [0.05, 0.1) is 0 Å². The molecule has 1 nitrogen and oxygen atoms in total. The Morgan fingerprint density at radius 1 is 1.43 bits per heavy atom. The molecule has 0 radical (unpaired) electrons. The first-order valence-corrected chi connectivity index (χ1v) is 6.04. The van der Waals surface area contributed by atoms with Gasteiger partial charge in [-0.05, 0) is 30.7 Å². The van der Waals surface area contributed by atoms with Gasteiger partial charge in [-0.25, -0.2) is 0 Å². The van der Waals surface area contributed by atoms with Crippen LogP contribution in [0.25, 0.3) is 0 Å². The van der Waals surface area contributed by atoms with Crippen molar-refractivity contribution in [2.75, 3.05) is 6.54 Å². The van der Waals surface area contributed by atoms with Crippen molar-refractivity contribution >= 4 is 27.5 Å². The van der Waals surface area contributed by atoms with E-state index in [0.717, 1.165) is 22.5 Å². The van der Waals surface area contributed by atoms with Crippen molar-refractivity contribution in [2.45, 2.75) is 26.3 Å². The van der Waals surface area contributed by atoms with Gasteiger partial charge in [0.25, 0.3) is 0 Å². The minimum absolute atomic E-state index is 0.362. The van der Waals surface area contributed by atoms with E-state index in [9.17, 15) is 0 Å². The summed E-state index contributed by atoms with van der Waals surface area (Å²) in [5.41, 5.74) is 1.18. The third-order valence-electron chi connectivity index (χ3n) is 2.20. The van der Waals surface area contributed by atoms with Gasteiger partial charge in [-0.1, -0.05) is 47.4 Å². The number of halogens is 2. The lowest BCUT2D eigenvalue weighted by molar-refractivity contribution is 0.537. The summed E-state index contributed by atoms with van der Waals surface area (Å²) < 4.78 is 1.03. The van der Waals surface area contributed by atoms with Crippen molar-refractivity contribution in [3.63, 3.8) is 0 Å². The van der Waals surface area contributed by atoms with Gasteiger partial charge in [-0.15, -0.1) is 0 Å². The Kier molecular flexibility index (Phi) is 4.93. The maximum Gasteiger partial charge on any atom is 0.0465 e. The zero-order chi connectivity index (χ0) is 10.6. The highest BCUT2D eigenvalue weighted by Gasteiger charge is 2.11. The SMILES string of the molecule is CCNC(CC)c1ccc(Br)cc1Cl. The molecule has 1 N–H and O–H groups in total. The van der Waals surface area contributed by atoms with Crippen LogP contribution in [0.2, 0.25) is 5.02 Å². The van der Waals surface area contributed by atoms with E-state index in [2.05, 4.69) is 41.2 Å². The highest BCUT2D eigenvalue weighted by molar-refractivity contribution is 9.10. The molecule has 78 valence electrons. The number of benzene rings is 1. The van der Waals surface area contributed by atoms with E-state index in [-0.39, 0.29) is 0 Å². The molecular weight excluding hydrogens is 261 g/mol. The first-order chi connectivity index (χ1) is 6.69. The summed E-state index contributed by atoms with van der Waals surface area (Å²) in [6.07, 6.45) is 1.05. The Balaban J connectivity index is 2.92. The molecule has 0 saturated heterocycles. The molecule has 14 heavy (non-hydrogen) atoms. The lowest BCUT2D eigenvalue weighted by Gasteiger charge is -2.17. The average molecular weight is 277 g/mol. The first-order valence-electron chi connectivity index (χ1n) is 4.87. The Morgan fingerprint density at radius 2 is 2.14 bits per heavy atom. The summed E-state index contributed by atoms with van der Waals surface area (Å²) >= 11 is 9.57. The Labute approximate surface area is 99.0 Å². The van der Waals surface area contributed by atoms with Gasteiger partial charge in [-0.3, -0.25) is 0 Å². The summed E-state index contributed by atoms with van der Waals surface area (Å²) in [6.45, 7) is 5.23. The molecule has 1 atom stereocenters. The highest BCUT2D eigenvalue weighted by Crippen LogP contribution is 2.27. The maximum absolute atomic E-state index is 6.17. The molecule has 0 aliphatic carbocycles. The first kappa shape index (κ1) is 12.0. The molecular formula is C11H15BrClN. The summed E-state index contributed by atoms with van der Waals surface area (Å²) in [4.78, 5) is 0. The standard InChI is InChI=1S/C11H15BrClN/c1-3-11(14-4-2)9-6-5-8(12)7-10(9)13/h5-7,11,14H,3-4H2,1-2H3. The zero-order valence-electron chi connectivity index (χ0n) is 8.48. The van der Waals surface area contributed by atoms with Crippen LogP contribution in [0.5, 0.6) is 0 Å². The predicted molar refractivity (Wildman–Crippen MR) is 65.9 cm³/mol. The minimum atomic E-state index is 0.362. The van der Waals surface area contributed by atoms with E-state index in [0.29, 0.717) is 6.04 Å². The van der Waals surface area contributed by atoms with E-state index in [1.807, 2.05) is 12.1 Å². The van der Waals surface area contributed by atoms with Gasteiger partial charge in [0.2, 0.25) is 0 Å². The van der Waals surface area contributed by atoms with Crippen LogP contribution in [0.1, 0.15) is 31.9 Å². The van der Waals surface area contributed by atoms with Gasteiger partial charge in [0, 0.05) is 15.5 Å². The largest absolute Gasteiger partial charge is 0.310 e. The van der Waals surface area contributed by atoms with E-state index < -0.39 is 0 Å². The molecule has 0 saturated carbocycles. The van der Waals surface area contributed by atoms with Crippen molar-refractivity contribution in [2.24, 2.45) is 0 Å². The van der Waals surface area contributed by atoms with Crippen molar-refractivity contribution in [3.05, 3.63) is 33.3 Å². The summed E-state index contributed by atoms with van der Waals surface area (Å²) in [7, 11) is 0. The average Bonchev–Trinajstić information content (AvgIpc) is 2.15. The molecule has 0 aromatic heterocycles. The molecule has 0 aliphatic rings. The van der Waals surface area contributed by atoms with Crippen LogP contribution in [0.15, 0.2) is 22.7 Å². The van der Waals surface area contributed by atoms with Crippen molar-refractivity contribution in [1.29, 1.82) is 0 Å². The Morgan fingerprint density at radius 3 is 2.64 bits per heavy atom. The van der Waals surface area contributed by atoms with Crippen LogP contribution >= 0.6 is 27.5 Å². The maximum atomic E-state index is 6.17. The Bertz CT molecular complexity index is 301. The highest BCUT2D eigenvalue weighted by atomic mass is 79.9. The van der Waals surface area contributed by atoms with Crippen LogP contribution in [0.4, 0.5) is 0 Å². The lowest BCUT2D eigenvalue weighted by atomic mass is 10.0. The fourth-order valence-corrected chi connectivity index (χ4v) is 2.31. The third kappa shape index (κ3) is 2.97. The van der Waals surface area contributed by atoms with Crippen molar-refractivity contribution in [3.8, 4) is 0 Å². The molecule has 0 fully saturated rings. The van der Waals surface area contributed by atoms with Crippen LogP contribution in [0, 0.1) is 0 Å². The molecule has 0 heterocycles. The molecule has 1 unspecified atom stereocenters. The van der Waals surface area contributed by atoms with Crippen molar-refractivity contribution < 1.29 is 0 Å². The summed E-state index contributed by atoms with van der Waals surface area (Å²) in [5.74, 6) is 0.